The molecule has 0 bridgehead atoms. The molecule has 0 amide bonds. The van der Waals surface area contributed by atoms with Gasteiger partial charge in [0.25, 0.3) is 0 Å². The molecule has 30 heavy (non-hydrogen) atoms. The van der Waals surface area contributed by atoms with Crippen LogP contribution in [0.3, 0.4) is 0 Å². The molecule has 0 atom stereocenters. The second-order valence-corrected chi connectivity index (χ2v) is 12.1. The second-order valence-electron chi connectivity index (χ2n) is 6.46. The number of benzene rings is 2. The van der Waals surface area contributed by atoms with E-state index in [1.165, 1.54) is 20.7 Å². The number of rotatable bonds is 9. The Morgan fingerprint density at radius 2 is 0.933 bits per heavy atom. The molecule has 166 valence electrons. The predicted octanol–water partition coefficient (Wildman–Crippen LogP) is 4.94. The molecule has 0 fully saturated rings. The molecule has 2 aromatic carbocycles. The van der Waals surface area contributed by atoms with Crippen LogP contribution in [0, 0.1) is 0 Å². The Labute approximate surface area is 196 Å². The average Bonchev–Trinajstić information content (AvgIpc) is 2.69. The van der Waals surface area contributed by atoms with E-state index in [1.54, 1.807) is 52.0 Å². The van der Waals surface area contributed by atoms with E-state index in [9.17, 15) is 16.8 Å². The van der Waals surface area contributed by atoms with Crippen molar-refractivity contribution in [2.24, 2.45) is 0 Å². The number of hydrogen-bond donors (Lipinski definition) is 0. The molecule has 0 aromatic heterocycles. The smallest absolute Gasteiger partial charge is 0.207 e. The van der Waals surface area contributed by atoms with E-state index in [0.717, 1.165) is 0 Å². The van der Waals surface area contributed by atoms with Gasteiger partial charge in [0.15, 0.2) is 0 Å². The summed E-state index contributed by atoms with van der Waals surface area (Å²) in [5, 5.41) is 0. The van der Waals surface area contributed by atoms with Gasteiger partial charge in [-0.15, -0.1) is 0 Å². The first-order chi connectivity index (χ1) is 14.0. The zero-order valence-electron chi connectivity index (χ0n) is 17.4. The Kier molecular flexibility index (Phi) is 8.68. The van der Waals surface area contributed by atoms with E-state index >= 15 is 0 Å². The number of halogens is 2. The predicted molar refractivity (Wildman–Crippen MR) is 127 cm³/mol. The first-order valence-corrected chi connectivity index (χ1v) is 14.1. The van der Waals surface area contributed by atoms with Gasteiger partial charge in [-0.1, -0.05) is 71.7 Å². The molecule has 0 saturated heterocycles. The lowest BCUT2D eigenvalue weighted by Gasteiger charge is -2.23. The Morgan fingerprint density at radius 1 is 0.633 bits per heavy atom. The minimum atomic E-state index is -3.82. The third kappa shape index (κ3) is 4.99. The van der Waals surface area contributed by atoms with Gasteiger partial charge in [-0.2, -0.15) is 8.61 Å². The summed E-state index contributed by atoms with van der Waals surface area (Å²) in [4.78, 5) is 0.137. The third-order valence-electron chi connectivity index (χ3n) is 4.82. The molecule has 6 nitrogen and oxygen atoms in total. The van der Waals surface area contributed by atoms with E-state index in [2.05, 4.69) is 31.9 Å². The van der Waals surface area contributed by atoms with Crippen molar-refractivity contribution in [3.05, 3.63) is 45.3 Å². The second kappa shape index (κ2) is 10.2. The van der Waals surface area contributed by atoms with Crippen LogP contribution in [0.4, 0.5) is 0 Å². The SMILES string of the molecule is CCN(CC)S(=O)(=O)c1cc(Br)ccc1-c1ccc(Br)cc1S(=O)(=O)N(CC)CC. The van der Waals surface area contributed by atoms with Crippen molar-refractivity contribution in [3.63, 3.8) is 0 Å². The molecular weight excluding hydrogens is 556 g/mol. The Hall–Kier alpha value is -0.780. The zero-order chi connectivity index (χ0) is 22.7. The van der Waals surface area contributed by atoms with E-state index in [1.807, 2.05) is 0 Å². The largest absolute Gasteiger partial charge is 0.243 e. The van der Waals surface area contributed by atoms with E-state index < -0.39 is 20.0 Å². The summed E-state index contributed by atoms with van der Waals surface area (Å²) in [7, 11) is -7.65. The van der Waals surface area contributed by atoms with Crippen LogP contribution in [-0.2, 0) is 20.0 Å². The van der Waals surface area contributed by atoms with Gasteiger partial charge in [-0.05, 0) is 24.3 Å². The summed E-state index contributed by atoms with van der Waals surface area (Å²) in [6.45, 7) is 8.35. The van der Waals surface area contributed by atoms with E-state index in [0.29, 0.717) is 46.3 Å². The Bertz CT molecular complexity index is 1020. The Balaban J connectivity index is 2.89. The lowest BCUT2D eigenvalue weighted by atomic mass is 10.1. The summed E-state index contributed by atoms with van der Waals surface area (Å²) < 4.78 is 57.3. The van der Waals surface area contributed by atoms with Gasteiger partial charge in [0, 0.05) is 46.3 Å². The summed E-state index contributed by atoms with van der Waals surface area (Å²) in [6, 6.07) is 9.77. The van der Waals surface area contributed by atoms with Crippen molar-refractivity contribution in [1.82, 2.24) is 8.61 Å². The molecule has 0 spiro atoms. The number of sulfonamides is 2. The lowest BCUT2D eigenvalue weighted by molar-refractivity contribution is 0.444. The van der Waals surface area contributed by atoms with Gasteiger partial charge in [0.2, 0.25) is 20.0 Å². The van der Waals surface area contributed by atoms with Gasteiger partial charge in [-0.3, -0.25) is 0 Å². The van der Waals surface area contributed by atoms with Gasteiger partial charge >= 0.3 is 0 Å². The molecule has 0 radical (unpaired) electrons. The van der Waals surface area contributed by atoms with Crippen LogP contribution in [0.2, 0.25) is 0 Å². The minimum absolute atomic E-state index is 0.0684. The van der Waals surface area contributed by atoms with Crippen LogP contribution in [0.25, 0.3) is 11.1 Å². The minimum Gasteiger partial charge on any atom is -0.207 e. The fraction of sp³-hybridized carbons (Fsp3) is 0.400. The van der Waals surface area contributed by atoms with Gasteiger partial charge in [0.05, 0.1) is 9.79 Å². The maximum atomic E-state index is 13.4. The van der Waals surface area contributed by atoms with E-state index in [-0.39, 0.29) is 9.79 Å². The van der Waals surface area contributed by atoms with Crippen LogP contribution in [0.1, 0.15) is 27.7 Å². The number of hydrogen-bond acceptors (Lipinski definition) is 4. The Morgan fingerprint density at radius 3 is 1.20 bits per heavy atom. The highest BCUT2D eigenvalue weighted by molar-refractivity contribution is 9.10. The first kappa shape index (κ1) is 25.5. The van der Waals surface area contributed by atoms with Gasteiger partial charge in [-0.25, -0.2) is 16.8 Å². The molecule has 0 heterocycles. The molecule has 2 rings (SSSR count). The quantitative estimate of drug-likeness (QED) is 0.420. The van der Waals surface area contributed by atoms with Crippen LogP contribution in [0.5, 0.6) is 0 Å². The maximum absolute atomic E-state index is 13.4. The highest BCUT2D eigenvalue weighted by atomic mass is 79.9. The summed E-state index contributed by atoms with van der Waals surface area (Å²) >= 11 is 6.71. The molecular formula is C20H26Br2N2O4S2. The molecule has 0 aliphatic carbocycles. The molecule has 0 aliphatic heterocycles. The topological polar surface area (TPSA) is 74.8 Å². The van der Waals surface area contributed by atoms with Crippen LogP contribution >= 0.6 is 31.9 Å². The molecule has 0 N–H and O–H groups in total. The van der Waals surface area contributed by atoms with Crippen LogP contribution < -0.4 is 0 Å². The normalized spacial score (nSPS) is 12.7. The van der Waals surface area contributed by atoms with Crippen molar-refractivity contribution in [2.75, 3.05) is 26.2 Å². The van der Waals surface area contributed by atoms with Crippen molar-refractivity contribution in [2.45, 2.75) is 37.5 Å². The van der Waals surface area contributed by atoms with E-state index in [4.69, 9.17) is 0 Å². The van der Waals surface area contributed by atoms with Crippen molar-refractivity contribution in [3.8, 4) is 11.1 Å². The standard InChI is InChI=1S/C20H26Br2N2O4S2/c1-5-23(6-2)29(25,26)19-13-15(21)9-11-17(19)18-12-10-16(22)14-20(18)30(27,28)24(7-3)8-4/h9-14H,5-8H2,1-4H3. The van der Waals surface area contributed by atoms with Crippen LogP contribution in [0.15, 0.2) is 55.1 Å². The molecule has 0 unspecified atom stereocenters. The van der Waals surface area contributed by atoms with Crippen molar-refractivity contribution >= 4 is 51.9 Å². The average molecular weight is 582 g/mol. The molecule has 10 heteroatoms. The number of nitrogens with zero attached hydrogens (tertiary/aromatic N) is 2. The highest BCUT2D eigenvalue weighted by Crippen LogP contribution is 2.37. The maximum Gasteiger partial charge on any atom is 0.243 e. The monoisotopic (exact) mass is 580 g/mol. The molecule has 0 saturated carbocycles. The van der Waals surface area contributed by atoms with Crippen molar-refractivity contribution < 1.29 is 16.8 Å². The summed E-state index contributed by atoms with van der Waals surface area (Å²) in [5.41, 5.74) is 0.701. The zero-order valence-corrected chi connectivity index (χ0v) is 22.2. The summed E-state index contributed by atoms with van der Waals surface area (Å²) in [6.07, 6.45) is 0. The lowest BCUT2D eigenvalue weighted by Crippen LogP contribution is -2.32. The fourth-order valence-electron chi connectivity index (χ4n) is 3.27. The fourth-order valence-corrected chi connectivity index (χ4v) is 7.67. The van der Waals surface area contributed by atoms with Gasteiger partial charge in [0.1, 0.15) is 0 Å². The van der Waals surface area contributed by atoms with Gasteiger partial charge < -0.3 is 0 Å². The molecule has 0 aliphatic rings. The first-order valence-electron chi connectivity index (χ1n) is 9.64. The van der Waals surface area contributed by atoms with Crippen molar-refractivity contribution in [1.29, 1.82) is 0 Å². The molecule has 2 aromatic rings. The summed E-state index contributed by atoms with van der Waals surface area (Å²) in [5.74, 6) is 0. The highest BCUT2D eigenvalue weighted by Gasteiger charge is 2.30. The van der Waals surface area contributed by atoms with Crippen LogP contribution in [-0.4, -0.2) is 51.6 Å². The third-order valence-corrected chi connectivity index (χ3v) is 9.99.